The highest BCUT2D eigenvalue weighted by Gasteiger charge is 2.16. The topological polar surface area (TPSA) is 38.5 Å². The maximum Gasteiger partial charge on any atom is 0.149 e. The van der Waals surface area contributed by atoms with Crippen molar-refractivity contribution >= 4 is 5.69 Å². The highest BCUT2D eigenvalue weighted by molar-refractivity contribution is 5.50. The van der Waals surface area contributed by atoms with E-state index in [2.05, 4.69) is 0 Å². The second-order valence-corrected chi connectivity index (χ2v) is 3.68. The van der Waals surface area contributed by atoms with Gasteiger partial charge in [0.05, 0.1) is 6.61 Å². The van der Waals surface area contributed by atoms with Crippen molar-refractivity contribution in [3.05, 3.63) is 29.3 Å². The van der Waals surface area contributed by atoms with Crippen LogP contribution in [0.25, 0.3) is 0 Å². The third-order valence-electron chi connectivity index (χ3n) is 2.58. The smallest absolute Gasteiger partial charge is 0.149 e. The number of hydrogen-bond acceptors (Lipinski definition) is 3. The lowest BCUT2D eigenvalue weighted by atomic mass is 10.1. The Morgan fingerprint density at radius 3 is 2.29 bits per heavy atom. The lowest BCUT2D eigenvalue weighted by molar-refractivity contribution is 0.205. The van der Waals surface area contributed by atoms with Crippen LogP contribution in [0.4, 0.5) is 14.5 Å². The average Bonchev–Trinajstić information content (AvgIpc) is 2.32. The van der Waals surface area contributed by atoms with Crippen LogP contribution in [0.5, 0.6) is 0 Å². The van der Waals surface area contributed by atoms with Gasteiger partial charge in [0, 0.05) is 26.7 Å². The highest BCUT2D eigenvalue weighted by atomic mass is 19.1. The molecule has 96 valence electrons. The predicted octanol–water partition coefficient (Wildman–Crippen LogP) is 1.90. The second-order valence-electron chi connectivity index (χ2n) is 3.68. The fraction of sp³-hybridized carbons (Fsp3) is 0.500. The minimum atomic E-state index is -0.580. The van der Waals surface area contributed by atoms with Crippen molar-refractivity contribution in [3.63, 3.8) is 0 Å². The van der Waals surface area contributed by atoms with Crippen LogP contribution in [0, 0.1) is 11.6 Å². The zero-order valence-corrected chi connectivity index (χ0v) is 10.2. The van der Waals surface area contributed by atoms with E-state index in [4.69, 9.17) is 10.5 Å². The molecule has 0 saturated heterocycles. The standard InChI is InChI=1S/C12H18F2N2O/c1-3-16(4-5-17-2)12-10(13)6-9(8-15)7-11(12)14/h6-7H,3-5,8,15H2,1-2H3. The minimum absolute atomic E-state index is 0.0123. The minimum Gasteiger partial charge on any atom is -0.383 e. The molecule has 3 nitrogen and oxygen atoms in total. The summed E-state index contributed by atoms with van der Waals surface area (Å²) < 4.78 is 32.5. The summed E-state index contributed by atoms with van der Waals surface area (Å²) in [5, 5.41) is 0. The number of likely N-dealkylation sites (N-methyl/N-ethyl adjacent to an activating group) is 1. The van der Waals surface area contributed by atoms with Crippen LogP contribution in [0.15, 0.2) is 12.1 Å². The second kappa shape index (κ2) is 6.51. The monoisotopic (exact) mass is 244 g/mol. The Balaban J connectivity index is 3.02. The van der Waals surface area contributed by atoms with E-state index in [9.17, 15) is 8.78 Å². The molecule has 0 unspecified atom stereocenters. The van der Waals surface area contributed by atoms with E-state index in [1.165, 1.54) is 12.1 Å². The van der Waals surface area contributed by atoms with Crippen LogP contribution >= 0.6 is 0 Å². The molecule has 1 rings (SSSR count). The van der Waals surface area contributed by atoms with Gasteiger partial charge in [-0.15, -0.1) is 0 Å². The molecule has 0 aliphatic heterocycles. The Labute approximate surface area is 100 Å². The van der Waals surface area contributed by atoms with E-state index >= 15 is 0 Å². The molecule has 1 aromatic rings. The van der Waals surface area contributed by atoms with Crippen molar-refractivity contribution in [1.29, 1.82) is 0 Å². The number of anilines is 1. The van der Waals surface area contributed by atoms with Crippen molar-refractivity contribution in [2.24, 2.45) is 5.73 Å². The first kappa shape index (κ1) is 13.9. The summed E-state index contributed by atoms with van der Waals surface area (Å²) in [6.45, 7) is 3.34. The summed E-state index contributed by atoms with van der Waals surface area (Å²) in [6, 6.07) is 2.54. The Hall–Kier alpha value is -1.20. The van der Waals surface area contributed by atoms with E-state index in [1.54, 1.807) is 12.0 Å². The van der Waals surface area contributed by atoms with Crippen LogP contribution in [0.3, 0.4) is 0 Å². The number of halogens is 2. The molecule has 0 amide bonds. The molecule has 1 aromatic carbocycles. The van der Waals surface area contributed by atoms with Gasteiger partial charge in [-0.25, -0.2) is 8.78 Å². The van der Waals surface area contributed by atoms with Gasteiger partial charge in [0.1, 0.15) is 17.3 Å². The van der Waals surface area contributed by atoms with Crippen LogP contribution in [-0.4, -0.2) is 26.8 Å². The number of rotatable bonds is 6. The summed E-state index contributed by atoms with van der Waals surface area (Å²) in [5.41, 5.74) is 5.80. The van der Waals surface area contributed by atoms with Crippen molar-refractivity contribution in [2.75, 3.05) is 31.7 Å². The van der Waals surface area contributed by atoms with E-state index in [0.717, 1.165) is 0 Å². The average molecular weight is 244 g/mol. The Morgan fingerprint density at radius 1 is 1.29 bits per heavy atom. The van der Waals surface area contributed by atoms with Crippen molar-refractivity contribution in [3.8, 4) is 0 Å². The quantitative estimate of drug-likeness (QED) is 0.830. The van der Waals surface area contributed by atoms with Gasteiger partial charge in [0.15, 0.2) is 0 Å². The molecule has 2 N–H and O–H groups in total. The number of nitrogens with zero attached hydrogens (tertiary/aromatic N) is 1. The summed E-state index contributed by atoms with van der Waals surface area (Å²) in [5.74, 6) is -1.16. The predicted molar refractivity (Wildman–Crippen MR) is 64.0 cm³/mol. The largest absolute Gasteiger partial charge is 0.383 e. The normalized spacial score (nSPS) is 10.6. The van der Waals surface area contributed by atoms with Crippen molar-refractivity contribution in [1.82, 2.24) is 0 Å². The van der Waals surface area contributed by atoms with Gasteiger partial charge in [0.25, 0.3) is 0 Å². The molecule has 0 radical (unpaired) electrons. The van der Waals surface area contributed by atoms with Gasteiger partial charge < -0.3 is 15.4 Å². The maximum atomic E-state index is 13.8. The van der Waals surface area contributed by atoms with E-state index in [-0.39, 0.29) is 12.2 Å². The number of ether oxygens (including phenoxy) is 1. The molecule has 0 atom stereocenters. The molecule has 0 aliphatic carbocycles. The molecule has 0 aromatic heterocycles. The van der Waals surface area contributed by atoms with Crippen LogP contribution in [0.1, 0.15) is 12.5 Å². The van der Waals surface area contributed by atoms with Gasteiger partial charge in [-0.3, -0.25) is 0 Å². The van der Waals surface area contributed by atoms with Gasteiger partial charge >= 0.3 is 0 Å². The van der Waals surface area contributed by atoms with Crippen molar-refractivity contribution < 1.29 is 13.5 Å². The molecule has 17 heavy (non-hydrogen) atoms. The third-order valence-corrected chi connectivity index (χ3v) is 2.58. The Morgan fingerprint density at radius 2 is 1.88 bits per heavy atom. The molecule has 0 bridgehead atoms. The van der Waals surface area contributed by atoms with Gasteiger partial charge in [-0.05, 0) is 24.6 Å². The first-order valence-electron chi connectivity index (χ1n) is 5.55. The van der Waals surface area contributed by atoms with Gasteiger partial charge in [0.2, 0.25) is 0 Å². The summed E-state index contributed by atoms with van der Waals surface area (Å²) >= 11 is 0. The summed E-state index contributed by atoms with van der Waals surface area (Å²) in [6.07, 6.45) is 0. The molecular formula is C12H18F2N2O. The van der Waals surface area contributed by atoms with E-state index in [1.807, 2.05) is 6.92 Å². The van der Waals surface area contributed by atoms with E-state index < -0.39 is 11.6 Å². The molecule has 0 heterocycles. The van der Waals surface area contributed by atoms with Crippen LogP contribution < -0.4 is 10.6 Å². The number of hydrogen-bond donors (Lipinski definition) is 1. The zero-order valence-electron chi connectivity index (χ0n) is 10.2. The third kappa shape index (κ3) is 3.38. The van der Waals surface area contributed by atoms with Crippen molar-refractivity contribution in [2.45, 2.75) is 13.5 Å². The molecule has 0 fully saturated rings. The van der Waals surface area contributed by atoms with Crippen LogP contribution in [0.2, 0.25) is 0 Å². The van der Waals surface area contributed by atoms with Gasteiger partial charge in [-0.1, -0.05) is 0 Å². The van der Waals surface area contributed by atoms with E-state index in [0.29, 0.717) is 25.3 Å². The summed E-state index contributed by atoms with van der Waals surface area (Å²) in [4.78, 5) is 1.61. The lowest BCUT2D eigenvalue weighted by Crippen LogP contribution is -2.28. The lowest BCUT2D eigenvalue weighted by Gasteiger charge is -2.24. The SMILES string of the molecule is CCN(CCOC)c1c(F)cc(CN)cc1F. The zero-order chi connectivity index (χ0) is 12.8. The number of methoxy groups -OCH3 is 1. The fourth-order valence-corrected chi connectivity index (χ4v) is 1.67. The first-order chi connectivity index (χ1) is 8.13. The number of benzene rings is 1. The molecule has 5 heteroatoms. The Kier molecular flexibility index (Phi) is 5.31. The maximum absolute atomic E-state index is 13.8. The number of nitrogens with two attached hydrogens (primary N) is 1. The van der Waals surface area contributed by atoms with Gasteiger partial charge in [-0.2, -0.15) is 0 Å². The Bertz CT molecular complexity index is 349. The molecular weight excluding hydrogens is 226 g/mol. The summed E-state index contributed by atoms with van der Waals surface area (Å²) in [7, 11) is 1.55. The molecule has 0 aliphatic rings. The van der Waals surface area contributed by atoms with Crippen LogP contribution in [-0.2, 0) is 11.3 Å². The highest BCUT2D eigenvalue weighted by Crippen LogP contribution is 2.24. The molecule has 0 saturated carbocycles. The molecule has 0 spiro atoms. The fourth-order valence-electron chi connectivity index (χ4n) is 1.67. The first-order valence-corrected chi connectivity index (χ1v) is 5.55.